The van der Waals surface area contributed by atoms with E-state index in [-0.39, 0.29) is 26.9 Å². The Kier molecular flexibility index (Phi) is 3.71. The van der Waals surface area contributed by atoms with Crippen molar-refractivity contribution >= 4 is 22.6 Å². The van der Waals surface area contributed by atoms with Crippen LogP contribution in [0.5, 0.6) is 0 Å². The van der Waals surface area contributed by atoms with E-state index >= 15 is 0 Å². The van der Waals surface area contributed by atoms with Gasteiger partial charge in [0.2, 0.25) is 0 Å². The van der Waals surface area contributed by atoms with Crippen molar-refractivity contribution in [2.45, 2.75) is 13.0 Å². The molecule has 0 spiro atoms. The van der Waals surface area contributed by atoms with Crippen LogP contribution < -0.4 is 5.73 Å². The van der Waals surface area contributed by atoms with Gasteiger partial charge in [0.1, 0.15) is 6.07 Å². The second-order valence-corrected chi connectivity index (χ2v) is 3.62. The highest BCUT2D eigenvalue weighted by atomic mass is 127. The second kappa shape index (κ2) is 4.61. The lowest BCUT2D eigenvalue weighted by molar-refractivity contribution is 0.150. The number of alkyl halides is 2. The fraction of sp³-hybridized carbons (Fsp3) is 0.250. The Labute approximate surface area is 93.1 Å². The fourth-order valence-corrected chi connectivity index (χ4v) is 1.68. The van der Waals surface area contributed by atoms with Crippen molar-refractivity contribution in [3.63, 3.8) is 0 Å². The highest BCUT2D eigenvalue weighted by Gasteiger charge is 2.20. The number of rotatable bonds is 2. The van der Waals surface area contributed by atoms with Crippen LogP contribution in [-0.2, 0) is 6.54 Å². The minimum atomic E-state index is -2.68. The molecule has 0 amide bonds. The summed E-state index contributed by atoms with van der Waals surface area (Å²) in [6.45, 7) is -0.0144. The van der Waals surface area contributed by atoms with Crippen LogP contribution in [-0.4, -0.2) is 4.98 Å². The van der Waals surface area contributed by atoms with Gasteiger partial charge in [0.25, 0.3) is 6.43 Å². The molecule has 74 valence electrons. The lowest BCUT2D eigenvalue weighted by atomic mass is 10.1. The van der Waals surface area contributed by atoms with Crippen molar-refractivity contribution in [2.24, 2.45) is 5.73 Å². The van der Waals surface area contributed by atoms with Crippen molar-refractivity contribution in [2.75, 3.05) is 0 Å². The van der Waals surface area contributed by atoms with Gasteiger partial charge in [-0.05, 0) is 22.6 Å². The molecule has 2 N–H and O–H groups in total. The van der Waals surface area contributed by atoms with Gasteiger partial charge in [-0.15, -0.1) is 0 Å². The third-order valence-electron chi connectivity index (χ3n) is 1.67. The molecule has 0 atom stereocenters. The summed E-state index contributed by atoms with van der Waals surface area (Å²) in [7, 11) is 0. The molecule has 0 aliphatic rings. The maximum atomic E-state index is 12.6. The van der Waals surface area contributed by atoms with Crippen LogP contribution in [0.25, 0.3) is 0 Å². The summed E-state index contributed by atoms with van der Waals surface area (Å²) in [6.07, 6.45) is -1.38. The Bertz CT molecular complexity index is 387. The van der Waals surface area contributed by atoms with Gasteiger partial charge >= 0.3 is 0 Å². The zero-order valence-corrected chi connectivity index (χ0v) is 9.12. The molecular formula is C8H6F2IN3. The van der Waals surface area contributed by atoms with Crippen molar-refractivity contribution in [1.29, 1.82) is 5.26 Å². The van der Waals surface area contributed by atoms with Crippen LogP contribution in [0, 0.1) is 14.9 Å². The molecule has 0 saturated heterocycles. The van der Waals surface area contributed by atoms with Gasteiger partial charge in [0.15, 0.2) is 0 Å². The summed E-state index contributed by atoms with van der Waals surface area (Å²) in [5, 5.41) is 8.72. The molecule has 0 unspecified atom stereocenters. The van der Waals surface area contributed by atoms with Gasteiger partial charge in [-0.3, -0.25) is 4.98 Å². The molecule has 0 aliphatic carbocycles. The quantitative estimate of drug-likeness (QED) is 0.849. The standard InChI is InChI=1S/C8H6F2IN3/c9-8(10)7-4(1-12)6(2-13)14-3-5(7)11/h3,8H,2,13H2. The van der Waals surface area contributed by atoms with Gasteiger partial charge in [0.05, 0.1) is 16.8 Å². The SMILES string of the molecule is N#Cc1c(CN)ncc(I)c1C(F)F. The predicted molar refractivity (Wildman–Crippen MR) is 54.5 cm³/mol. The number of nitrogens with two attached hydrogens (primary N) is 1. The third kappa shape index (κ3) is 1.99. The molecule has 0 bridgehead atoms. The molecule has 3 nitrogen and oxygen atoms in total. The Hall–Kier alpha value is -0.810. The van der Waals surface area contributed by atoms with E-state index in [0.29, 0.717) is 0 Å². The first-order valence-corrected chi connectivity index (χ1v) is 4.75. The lowest BCUT2D eigenvalue weighted by Crippen LogP contribution is -2.07. The number of nitriles is 1. The first-order valence-electron chi connectivity index (χ1n) is 3.67. The fourth-order valence-electron chi connectivity index (χ4n) is 1.04. The van der Waals surface area contributed by atoms with Crippen molar-refractivity contribution in [3.05, 3.63) is 26.6 Å². The number of aromatic nitrogens is 1. The molecule has 0 aromatic carbocycles. The topological polar surface area (TPSA) is 62.7 Å². The van der Waals surface area contributed by atoms with E-state index in [1.165, 1.54) is 6.20 Å². The average Bonchev–Trinajstić information content (AvgIpc) is 2.16. The van der Waals surface area contributed by atoms with E-state index in [4.69, 9.17) is 11.0 Å². The van der Waals surface area contributed by atoms with Gasteiger partial charge < -0.3 is 5.73 Å². The molecule has 1 heterocycles. The van der Waals surface area contributed by atoms with Gasteiger partial charge in [-0.25, -0.2) is 8.78 Å². The Balaban J connectivity index is 3.45. The zero-order valence-electron chi connectivity index (χ0n) is 6.97. The minimum absolute atomic E-state index is 0.0144. The summed E-state index contributed by atoms with van der Waals surface area (Å²) in [4.78, 5) is 3.82. The highest BCUT2D eigenvalue weighted by molar-refractivity contribution is 14.1. The van der Waals surface area contributed by atoms with E-state index in [9.17, 15) is 8.78 Å². The molecule has 0 radical (unpaired) electrons. The molecular weight excluding hydrogens is 303 g/mol. The second-order valence-electron chi connectivity index (χ2n) is 2.46. The highest BCUT2D eigenvalue weighted by Crippen LogP contribution is 2.28. The van der Waals surface area contributed by atoms with Crippen molar-refractivity contribution in [3.8, 4) is 6.07 Å². The van der Waals surface area contributed by atoms with Crippen LogP contribution in [0.3, 0.4) is 0 Å². The molecule has 6 heteroatoms. The first-order chi connectivity index (χ1) is 6.61. The predicted octanol–water partition coefficient (Wildman–Crippen LogP) is 1.95. The number of hydrogen-bond donors (Lipinski definition) is 1. The molecule has 0 fully saturated rings. The van der Waals surface area contributed by atoms with Crippen LogP contribution in [0.1, 0.15) is 23.2 Å². The normalized spacial score (nSPS) is 10.3. The largest absolute Gasteiger partial charge is 0.325 e. The molecule has 1 aromatic rings. The molecule has 14 heavy (non-hydrogen) atoms. The van der Waals surface area contributed by atoms with Crippen LogP contribution in [0.15, 0.2) is 6.20 Å². The van der Waals surface area contributed by atoms with E-state index in [0.717, 1.165) is 0 Å². The molecule has 0 aliphatic heterocycles. The minimum Gasteiger partial charge on any atom is -0.325 e. The number of halogens is 3. The Morgan fingerprint density at radius 2 is 2.29 bits per heavy atom. The number of hydrogen-bond acceptors (Lipinski definition) is 3. The van der Waals surface area contributed by atoms with Crippen LogP contribution in [0.4, 0.5) is 8.78 Å². The Morgan fingerprint density at radius 3 is 2.71 bits per heavy atom. The zero-order chi connectivity index (χ0) is 10.7. The summed E-state index contributed by atoms with van der Waals surface area (Å²) in [6, 6.07) is 1.71. The number of pyridine rings is 1. The van der Waals surface area contributed by atoms with Crippen LogP contribution in [0.2, 0.25) is 0 Å². The van der Waals surface area contributed by atoms with E-state index in [2.05, 4.69) is 4.98 Å². The van der Waals surface area contributed by atoms with Gasteiger partial charge in [-0.2, -0.15) is 5.26 Å². The summed E-state index contributed by atoms with van der Waals surface area (Å²) in [5.41, 5.74) is 5.12. The first kappa shape index (κ1) is 11.3. The summed E-state index contributed by atoms with van der Waals surface area (Å²) in [5.74, 6) is 0. The summed E-state index contributed by atoms with van der Waals surface area (Å²) >= 11 is 1.72. The van der Waals surface area contributed by atoms with Gasteiger partial charge in [0, 0.05) is 16.3 Å². The average molecular weight is 309 g/mol. The molecule has 0 saturated carbocycles. The van der Waals surface area contributed by atoms with E-state index in [1.54, 1.807) is 28.7 Å². The lowest BCUT2D eigenvalue weighted by Gasteiger charge is -2.08. The molecule has 1 rings (SSSR count). The van der Waals surface area contributed by atoms with E-state index in [1.807, 2.05) is 0 Å². The van der Waals surface area contributed by atoms with Gasteiger partial charge in [-0.1, -0.05) is 0 Å². The summed E-state index contributed by atoms with van der Waals surface area (Å²) < 4.78 is 25.4. The van der Waals surface area contributed by atoms with E-state index < -0.39 is 6.43 Å². The maximum absolute atomic E-state index is 12.6. The van der Waals surface area contributed by atoms with Crippen LogP contribution >= 0.6 is 22.6 Å². The number of nitrogens with zero attached hydrogens (tertiary/aromatic N) is 2. The molecule has 1 aromatic heterocycles. The maximum Gasteiger partial charge on any atom is 0.266 e. The third-order valence-corrected chi connectivity index (χ3v) is 2.53. The van der Waals surface area contributed by atoms with Crippen molar-refractivity contribution in [1.82, 2.24) is 4.98 Å². The smallest absolute Gasteiger partial charge is 0.266 e. The Morgan fingerprint density at radius 1 is 1.64 bits per heavy atom. The monoisotopic (exact) mass is 309 g/mol. The van der Waals surface area contributed by atoms with Crippen molar-refractivity contribution < 1.29 is 8.78 Å².